The van der Waals surface area contributed by atoms with Gasteiger partial charge >= 0.3 is 0 Å². The van der Waals surface area contributed by atoms with Crippen LogP contribution in [0.2, 0.25) is 0 Å². The third-order valence-corrected chi connectivity index (χ3v) is 7.16. The second-order valence-electron chi connectivity index (χ2n) is 8.83. The number of phenols is 1. The van der Waals surface area contributed by atoms with E-state index in [4.69, 9.17) is 5.10 Å². The number of rotatable bonds is 4. The molecule has 0 atom stereocenters. The third-order valence-electron chi connectivity index (χ3n) is 7.16. The van der Waals surface area contributed by atoms with E-state index in [9.17, 15) is 18.7 Å². The topological polar surface area (TPSA) is 67.2 Å². The Balaban J connectivity index is 1.27. The maximum atomic E-state index is 13.5. The Hall–Kier alpha value is -2.96. The van der Waals surface area contributed by atoms with Crippen LogP contribution in [0, 0.1) is 17.0 Å². The van der Waals surface area contributed by atoms with E-state index in [0.717, 1.165) is 61.6 Å². The molecule has 1 aromatic heterocycles. The summed E-state index contributed by atoms with van der Waals surface area (Å²) in [4.78, 5) is 12.4. The molecular weight excluding hydrogens is 388 g/mol. The van der Waals surface area contributed by atoms with Crippen LogP contribution in [0.15, 0.2) is 42.6 Å². The molecule has 7 heteroatoms. The number of phenolic OH excluding ortho intramolecular Hbond substituents is 1. The van der Waals surface area contributed by atoms with E-state index in [1.807, 2.05) is 18.2 Å². The van der Waals surface area contributed by atoms with Gasteiger partial charge in [0.15, 0.2) is 17.4 Å². The van der Waals surface area contributed by atoms with Gasteiger partial charge < -0.3 is 10.4 Å². The summed E-state index contributed by atoms with van der Waals surface area (Å²) >= 11 is 0. The summed E-state index contributed by atoms with van der Waals surface area (Å²) in [6, 6.07) is 9.85. The average Bonchev–Trinajstić information content (AvgIpc) is 3.22. The molecule has 0 radical (unpaired) electrons. The molecule has 0 unspecified atom stereocenters. The van der Waals surface area contributed by atoms with Crippen LogP contribution in [0.25, 0.3) is 10.9 Å². The van der Waals surface area contributed by atoms with Gasteiger partial charge in [-0.15, -0.1) is 0 Å². The molecule has 3 aromatic rings. The Morgan fingerprint density at radius 3 is 2.33 bits per heavy atom. The summed E-state index contributed by atoms with van der Waals surface area (Å²) in [5.74, 6) is -3.86. The number of hydrogen-bond acceptors (Lipinski definition) is 3. The lowest BCUT2D eigenvalue weighted by atomic mass is 9.57. The number of benzene rings is 2. The number of fused-ring (bicyclic) bond motifs is 4. The minimum atomic E-state index is -1.13. The molecular formula is C23H23F2N3O2. The van der Waals surface area contributed by atoms with Gasteiger partial charge in [-0.2, -0.15) is 5.10 Å². The van der Waals surface area contributed by atoms with Crippen LogP contribution >= 0.6 is 0 Å². The molecule has 5 nitrogen and oxygen atoms in total. The van der Waals surface area contributed by atoms with Crippen molar-refractivity contribution in [2.45, 2.75) is 44.1 Å². The van der Waals surface area contributed by atoms with Gasteiger partial charge in [0.25, 0.3) is 5.91 Å². The average molecular weight is 411 g/mol. The SMILES string of the molecule is O=C(NCC12CCC(n3cc4ccccc4n3)(CC1)CC2)c1cc(F)c(O)c(F)c1. The standard InChI is InChI=1S/C23H23F2N3O2/c24-17-11-16(12-18(25)20(17)29)21(30)26-14-22-5-8-23(9-6-22,10-7-22)28-13-15-3-1-2-4-19(15)27-28/h1-4,11-13,29H,5-10,14H2,(H,26,30). The summed E-state index contributed by atoms with van der Waals surface area (Å²) < 4.78 is 29.2. The molecule has 0 saturated heterocycles. The highest BCUT2D eigenvalue weighted by molar-refractivity contribution is 5.94. The number of halogens is 2. The molecule has 0 spiro atoms. The first-order valence-electron chi connectivity index (χ1n) is 10.3. The van der Waals surface area contributed by atoms with Gasteiger partial charge in [-0.05, 0) is 62.1 Å². The Bertz CT molecular complexity index is 1060. The van der Waals surface area contributed by atoms with Crippen molar-refractivity contribution in [3.05, 3.63) is 59.8 Å². The number of nitrogens with zero attached hydrogens (tertiary/aromatic N) is 2. The number of carbonyl (C=O) groups is 1. The minimum Gasteiger partial charge on any atom is -0.503 e. The van der Waals surface area contributed by atoms with Crippen LogP contribution in [0.4, 0.5) is 8.78 Å². The molecule has 2 bridgehead atoms. The van der Waals surface area contributed by atoms with Crippen molar-refractivity contribution in [1.29, 1.82) is 0 Å². The molecule has 2 aromatic carbocycles. The van der Waals surface area contributed by atoms with Gasteiger partial charge in [-0.1, -0.05) is 18.2 Å². The number of aromatic hydroxyl groups is 1. The first kappa shape index (κ1) is 19.0. The highest BCUT2D eigenvalue weighted by atomic mass is 19.1. The van der Waals surface area contributed by atoms with E-state index in [1.165, 1.54) is 0 Å². The maximum absolute atomic E-state index is 13.5. The molecule has 6 rings (SSSR count). The first-order chi connectivity index (χ1) is 14.4. The van der Waals surface area contributed by atoms with Gasteiger partial charge in [0.1, 0.15) is 0 Å². The zero-order valence-electron chi connectivity index (χ0n) is 16.5. The second kappa shape index (κ2) is 6.79. The third kappa shape index (κ3) is 3.04. The zero-order chi connectivity index (χ0) is 20.9. The molecule has 3 aliphatic carbocycles. The van der Waals surface area contributed by atoms with Crippen molar-refractivity contribution < 1.29 is 18.7 Å². The Labute approximate surface area is 172 Å². The molecule has 0 aliphatic heterocycles. The molecule has 2 N–H and O–H groups in total. The fourth-order valence-corrected chi connectivity index (χ4v) is 5.13. The number of nitrogens with one attached hydrogen (secondary N) is 1. The van der Waals surface area contributed by atoms with Gasteiger partial charge in [0, 0.05) is 23.7 Å². The van der Waals surface area contributed by atoms with Crippen LogP contribution in [0.1, 0.15) is 48.9 Å². The number of aromatic nitrogens is 2. The van der Waals surface area contributed by atoms with Crippen molar-refractivity contribution in [2.24, 2.45) is 5.41 Å². The van der Waals surface area contributed by atoms with Gasteiger partial charge in [-0.25, -0.2) is 8.78 Å². The minimum absolute atomic E-state index is 0.0119. The number of amides is 1. The van der Waals surface area contributed by atoms with Crippen molar-refractivity contribution in [1.82, 2.24) is 15.1 Å². The highest BCUT2D eigenvalue weighted by Gasteiger charge is 2.50. The molecule has 156 valence electrons. The Morgan fingerprint density at radius 2 is 1.70 bits per heavy atom. The smallest absolute Gasteiger partial charge is 0.251 e. The van der Waals surface area contributed by atoms with Crippen LogP contribution in [0.3, 0.4) is 0 Å². The van der Waals surface area contributed by atoms with Crippen molar-refractivity contribution >= 4 is 16.8 Å². The Morgan fingerprint density at radius 1 is 1.07 bits per heavy atom. The lowest BCUT2D eigenvalue weighted by molar-refractivity contribution is -0.00562. The summed E-state index contributed by atoms with van der Waals surface area (Å²) in [6.45, 7) is 0.479. The highest BCUT2D eigenvalue weighted by Crippen LogP contribution is 2.55. The van der Waals surface area contributed by atoms with Gasteiger partial charge in [0.2, 0.25) is 0 Å². The summed E-state index contributed by atoms with van der Waals surface area (Å²) in [7, 11) is 0. The van der Waals surface area contributed by atoms with Crippen LogP contribution in [-0.2, 0) is 5.54 Å². The van der Waals surface area contributed by atoms with E-state index >= 15 is 0 Å². The van der Waals surface area contributed by atoms with E-state index < -0.39 is 23.3 Å². The fourth-order valence-electron chi connectivity index (χ4n) is 5.13. The number of hydrogen-bond donors (Lipinski definition) is 2. The van der Waals surface area contributed by atoms with Crippen LogP contribution in [-0.4, -0.2) is 27.3 Å². The quantitative estimate of drug-likeness (QED) is 0.664. The summed E-state index contributed by atoms with van der Waals surface area (Å²) in [5, 5.41) is 18.0. The maximum Gasteiger partial charge on any atom is 0.251 e. The van der Waals surface area contributed by atoms with Crippen LogP contribution < -0.4 is 5.32 Å². The second-order valence-corrected chi connectivity index (χ2v) is 8.83. The lowest BCUT2D eigenvalue weighted by Crippen LogP contribution is -2.51. The molecule has 3 fully saturated rings. The molecule has 30 heavy (non-hydrogen) atoms. The predicted molar refractivity (Wildman–Crippen MR) is 108 cm³/mol. The fraction of sp³-hybridized carbons (Fsp3) is 0.391. The van der Waals surface area contributed by atoms with Crippen molar-refractivity contribution in [3.8, 4) is 5.75 Å². The van der Waals surface area contributed by atoms with Gasteiger partial charge in [0.05, 0.1) is 11.1 Å². The molecule has 1 amide bonds. The van der Waals surface area contributed by atoms with Crippen molar-refractivity contribution in [3.63, 3.8) is 0 Å². The summed E-state index contributed by atoms with van der Waals surface area (Å²) in [5.41, 5.74) is 0.935. The van der Waals surface area contributed by atoms with E-state index in [1.54, 1.807) is 0 Å². The summed E-state index contributed by atoms with van der Waals surface area (Å²) in [6.07, 6.45) is 8.06. The number of carbonyl (C=O) groups excluding carboxylic acids is 1. The Kier molecular flexibility index (Phi) is 4.31. The lowest BCUT2D eigenvalue weighted by Gasteiger charge is -2.53. The van der Waals surface area contributed by atoms with E-state index in [0.29, 0.717) is 6.54 Å². The van der Waals surface area contributed by atoms with E-state index in [-0.39, 0.29) is 16.5 Å². The molecule has 3 saturated carbocycles. The van der Waals surface area contributed by atoms with Gasteiger partial charge in [-0.3, -0.25) is 9.48 Å². The largest absolute Gasteiger partial charge is 0.503 e. The monoisotopic (exact) mass is 411 g/mol. The van der Waals surface area contributed by atoms with E-state index in [2.05, 4.69) is 22.3 Å². The van der Waals surface area contributed by atoms with Crippen LogP contribution in [0.5, 0.6) is 5.75 Å². The zero-order valence-corrected chi connectivity index (χ0v) is 16.5. The molecule has 1 heterocycles. The first-order valence-corrected chi connectivity index (χ1v) is 10.3. The predicted octanol–water partition coefficient (Wildman–Crippen LogP) is 4.50. The van der Waals surface area contributed by atoms with Crippen molar-refractivity contribution in [2.75, 3.05) is 6.54 Å². The molecule has 3 aliphatic rings. The normalized spacial score (nSPS) is 25.5.